The van der Waals surface area contributed by atoms with Crippen LogP contribution < -0.4 is 5.32 Å². The summed E-state index contributed by atoms with van der Waals surface area (Å²) >= 11 is 0. The summed E-state index contributed by atoms with van der Waals surface area (Å²) in [6.07, 6.45) is 3.53. The van der Waals surface area contributed by atoms with Crippen molar-refractivity contribution in [2.75, 3.05) is 0 Å². The van der Waals surface area contributed by atoms with Crippen LogP contribution in [0.25, 0.3) is 16.9 Å². The fourth-order valence-electron chi connectivity index (χ4n) is 2.03. The SMILES string of the molecule is CC(=O)NCc1ccc(-n2cnc3ccccc32)nc1. The Balaban J connectivity index is 1.89. The highest BCUT2D eigenvalue weighted by Crippen LogP contribution is 2.16. The predicted molar refractivity (Wildman–Crippen MR) is 76.4 cm³/mol. The lowest BCUT2D eigenvalue weighted by molar-refractivity contribution is -0.119. The van der Waals surface area contributed by atoms with Gasteiger partial charge in [0.2, 0.25) is 5.91 Å². The Hall–Kier alpha value is -2.69. The van der Waals surface area contributed by atoms with Gasteiger partial charge < -0.3 is 5.32 Å². The first-order valence-electron chi connectivity index (χ1n) is 6.36. The number of benzene rings is 1. The summed E-state index contributed by atoms with van der Waals surface area (Å²) in [7, 11) is 0. The van der Waals surface area contributed by atoms with Gasteiger partial charge in [-0.15, -0.1) is 0 Å². The maximum absolute atomic E-state index is 10.9. The molecule has 0 fully saturated rings. The lowest BCUT2D eigenvalue weighted by atomic mass is 10.2. The van der Waals surface area contributed by atoms with Crippen molar-refractivity contribution < 1.29 is 4.79 Å². The van der Waals surface area contributed by atoms with Crippen LogP contribution in [-0.4, -0.2) is 20.4 Å². The molecule has 1 amide bonds. The van der Waals surface area contributed by atoms with Crippen molar-refractivity contribution >= 4 is 16.9 Å². The monoisotopic (exact) mass is 266 g/mol. The number of fused-ring (bicyclic) bond motifs is 1. The van der Waals surface area contributed by atoms with Gasteiger partial charge in [-0.3, -0.25) is 9.36 Å². The lowest BCUT2D eigenvalue weighted by Crippen LogP contribution is -2.18. The zero-order valence-electron chi connectivity index (χ0n) is 11.1. The number of hydrogen-bond donors (Lipinski definition) is 1. The van der Waals surface area contributed by atoms with Gasteiger partial charge in [0.05, 0.1) is 11.0 Å². The summed E-state index contributed by atoms with van der Waals surface area (Å²) < 4.78 is 1.94. The maximum atomic E-state index is 10.9. The molecule has 0 aliphatic heterocycles. The molecule has 5 nitrogen and oxygen atoms in total. The molecule has 1 aromatic carbocycles. The third-order valence-electron chi connectivity index (χ3n) is 3.05. The molecule has 0 unspecified atom stereocenters. The molecule has 0 radical (unpaired) electrons. The van der Waals surface area contributed by atoms with Gasteiger partial charge in [-0.2, -0.15) is 0 Å². The summed E-state index contributed by atoms with van der Waals surface area (Å²) in [5.41, 5.74) is 2.93. The van der Waals surface area contributed by atoms with Gasteiger partial charge >= 0.3 is 0 Å². The summed E-state index contributed by atoms with van der Waals surface area (Å²) in [5.74, 6) is 0.764. The van der Waals surface area contributed by atoms with Crippen molar-refractivity contribution in [3.8, 4) is 5.82 Å². The third-order valence-corrected chi connectivity index (χ3v) is 3.05. The first kappa shape index (κ1) is 12.3. The average molecular weight is 266 g/mol. The lowest BCUT2D eigenvalue weighted by Gasteiger charge is -2.05. The van der Waals surface area contributed by atoms with Crippen molar-refractivity contribution in [2.45, 2.75) is 13.5 Å². The van der Waals surface area contributed by atoms with Crippen molar-refractivity contribution in [1.29, 1.82) is 0 Å². The Kier molecular flexibility index (Phi) is 3.16. The third kappa shape index (κ3) is 2.38. The number of hydrogen-bond acceptors (Lipinski definition) is 3. The molecule has 1 N–H and O–H groups in total. The van der Waals surface area contributed by atoms with E-state index in [1.807, 2.05) is 41.0 Å². The number of rotatable bonds is 3. The van der Waals surface area contributed by atoms with Crippen LogP contribution in [0.2, 0.25) is 0 Å². The van der Waals surface area contributed by atoms with E-state index in [2.05, 4.69) is 15.3 Å². The second kappa shape index (κ2) is 5.13. The van der Waals surface area contributed by atoms with Gasteiger partial charge in [-0.25, -0.2) is 9.97 Å². The van der Waals surface area contributed by atoms with E-state index in [-0.39, 0.29) is 5.91 Å². The molecule has 0 aliphatic rings. The Morgan fingerprint density at radius 3 is 2.80 bits per heavy atom. The van der Waals surface area contributed by atoms with Crippen molar-refractivity contribution in [3.63, 3.8) is 0 Å². The highest BCUT2D eigenvalue weighted by atomic mass is 16.1. The quantitative estimate of drug-likeness (QED) is 0.789. The van der Waals surface area contributed by atoms with Crippen LogP contribution in [0.4, 0.5) is 0 Å². The van der Waals surface area contributed by atoms with Crippen LogP contribution in [0.1, 0.15) is 12.5 Å². The molecule has 0 spiro atoms. The van der Waals surface area contributed by atoms with E-state index < -0.39 is 0 Å². The van der Waals surface area contributed by atoms with Gasteiger partial charge in [-0.05, 0) is 23.8 Å². The van der Waals surface area contributed by atoms with Crippen molar-refractivity contribution in [2.24, 2.45) is 0 Å². The van der Waals surface area contributed by atoms with E-state index in [0.717, 1.165) is 22.4 Å². The summed E-state index contributed by atoms with van der Waals surface area (Å²) in [5, 5.41) is 2.75. The van der Waals surface area contributed by atoms with Crippen LogP contribution >= 0.6 is 0 Å². The average Bonchev–Trinajstić information content (AvgIpc) is 2.89. The van der Waals surface area contributed by atoms with E-state index in [4.69, 9.17) is 0 Å². The minimum Gasteiger partial charge on any atom is -0.352 e. The molecule has 2 heterocycles. The molecule has 5 heteroatoms. The fourth-order valence-corrected chi connectivity index (χ4v) is 2.03. The van der Waals surface area contributed by atoms with Gasteiger partial charge in [0, 0.05) is 19.7 Å². The number of aromatic nitrogens is 3. The topological polar surface area (TPSA) is 59.8 Å². The summed E-state index contributed by atoms with van der Waals surface area (Å²) in [4.78, 5) is 19.6. The second-order valence-corrected chi connectivity index (χ2v) is 4.54. The molecule has 100 valence electrons. The maximum Gasteiger partial charge on any atom is 0.217 e. The van der Waals surface area contributed by atoms with Crippen LogP contribution in [0, 0.1) is 0 Å². The number of carbonyl (C=O) groups is 1. The molecule has 0 saturated heterocycles. The van der Waals surface area contributed by atoms with Crippen molar-refractivity contribution in [3.05, 3.63) is 54.5 Å². The molecule has 3 rings (SSSR count). The Morgan fingerprint density at radius 1 is 1.20 bits per heavy atom. The number of imidazole rings is 1. The largest absolute Gasteiger partial charge is 0.352 e. The van der Waals surface area contributed by atoms with Crippen LogP contribution in [-0.2, 0) is 11.3 Å². The van der Waals surface area contributed by atoms with Gasteiger partial charge in [-0.1, -0.05) is 18.2 Å². The van der Waals surface area contributed by atoms with Gasteiger partial charge in [0.25, 0.3) is 0 Å². The van der Waals surface area contributed by atoms with E-state index in [0.29, 0.717) is 6.54 Å². The minimum absolute atomic E-state index is 0.0466. The molecule has 3 aromatic rings. The number of pyridine rings is 1. The molecular weight excluding hydrogens is 252 g/mol. The molecule has 0 aliphatic carbocycles. The smallest absolute Gasteiger partial charge is 0.217 e. The van der Waals surface area contributed by atoms with Gasteiger partial charge in [0.15, 0.2) is 0 Å². The Labute approximate surface area is 116 Å². The standard InChI is InChI=1S/C15H14N4O/c1-11(20)16-8-12-6-7-15(17-9-12)19-10-18-13-4-2-3-5-14(13)19/h2-7,9-10H,8H2,1H3,(H,16,20). The number of nitrogens with zero attached hydrogens (tertiary/aromatic N) is 3. The predicted octanol–water partition coefficient (Wildman–Crippen LogP) is 2.06. The van der Waals surface area contributed by atoms with Crippen LogP contribution in [0.15, 0.2) is 48.9 Å². The first-order valence-corrected chi connectivity index (χ1v) is 6.36. The van der Waals surface area contributed by atoms with E-state index in [1.54, 1.807) is 12.5 Å². The van der Waals surface area contributed by atoms with Crippen molar-refractivity contribution in [1.82, 2.24) is 19.9 Å². The zero-order valence-corrected chi connectivity index (χ0v) is 11.1. The molecule has 2 aromatic heterocycles. The number of carbonyl (C=O) groups excluding carboxylic acids is 1. The second-order valence-electron chi connectivity index (χ2n) is 4.54. The number of nitrogens with one attached hydrogen (secondary N) is 1. The number of para-hydroxylation sites is 2. The normalized spacial score (nSPS) is 10.7. The summed E-state index contributed by atoms with van der Waals surface area (Å²) in [6.45, 7) is 1.99. The molecule has 20 heavy (non-hydrogen) atoms. The fraction of sp³-hybridized carbons (Fsp3) is 0.133. The minimum atomic E-state index is -0.0466. The molecule has 0 atom stereocenters. The van der Waals surface area contributed by atoms with E-state index in [1.165, 1.54) is 6.92 Å². The summed E-state index contributed by atoms with van der Waals surface area (Å²) in [6, 6.07) is 11.8. The van der Waals surface area contributed by atoms with Crippen LogP contribution in [0.3, 0.4) is 0 Å². The molecule has 0 saturated carbocycles. The first-order chi connectivity index (χ1) is 9.74. The number of amides is 1. The zero-order chi connectivity index (χ0) is 13.9. The van der Waals surface area contributed by atoms with Crippen LogP contribution in [0.5, 0.6) is 0 Å². The Morgan fingerprint density at radius 2 is 2.05 bits per heavy atom. The highest BCUT2D eigenvalue weighted by Gasteiger charge is 2.04. The van der Waals surface area contributed by atoms with E-state index in [9.17, 15) is 4.79 Å². The molecule has 0 bridgehead atoms. The molecular formula is C15H14N4O. The Bertz CT molecular complexity index is 746. The highest BCUT2D eigenvalue weighted by molar-refractivity contribution is 5.76. The van der Waals surface area contributed by atoms with Gasteiger partial charge in [0.1, 0.15) is 12.1 Å². The van der Waals surface area contributed by atoms with E-state index >= 15 is 0 Å².